The Labute approximate surface area is 81.4 Å². The maximum Gasteiger partial charge on any atom is 0.251 e. The smallest absolute Gasteiger partial charge is 0.251 e. The number of H-pyrrole nitrogens is 1. The number of nitrogens with one attached hydrogen (secondary N) is 1. The van der Waals surface area contributed by atoms with Crippen LogP contribution in [0.1, 0.15) is 24.9 Å². The van der Waals surface area contributed by atoms with E-state index in [4.69, 9.17) is 5.73 Å². The fraction of sp³-hybridized carbons (Fsp3) is 0.444. The van der Waals surface area contributed by atoms with E-state index in [1.807, 2.05) is 6.92 Å². The normalized spacial score (nSPS) is 10.1. The summed E-state index contributed by atoms with van der Waals surface area (Å²) in [4.78, 5) is 28.3. The number of rotatable bonds is 4. The van der Waals surface area contributed by atoms with Gasteiger partial charge in [0, 0.05) is 11.8 Å². The Morgan fingerprint density at radius 2 is 2.36 bits per heavy atom. The monoisotopic (exact) mass is 195 g/mol. The molecule has 1 aromatic heterocycles. The number of aromatic amines is 1. The van der Waals surface area contributed by atoms with E-state index >= 15 is 0 Å². The molecule has 0 fully saturated rings. The van der Waals surface area contributed by atoms with Gasteiger partial charge in [-0.3, -0.25) is 9.59 Å². The predicted octanol–water partition coefficient (Wildman–Crippen LogP) is -0.250. The molecule has 0 bridgehead atoms. The van der Waals surface area contributed by atoms with Crippen LogP contribution >= 0.6 is 0 Å². The number of hydrogen-bond acceptors (Lipinski definition) is 3. The van der Waals surface area contributed by atoms with Gasteiger partial charge in [0.1, 0.15) is 5.82 Å². The van der Waals surface area contributed by atoms with Crippen molar-refractivity contribution in [3.05, 3.63) is 27.9 Å². The minimum absolute atomic E-state index is 0.0210. The maximum absolute atomic E-state index is 11.1. The van der Waals surface area contributed by atoms with Crippen LogP contribution in [-0.2, 0) is 17.6 Å². The van der Waals surface area contributed by atoms with Crippen LogP contribution in [0.15, 0.2) is 10.9 Å². The van der Waals surface area contributed by atoms with Crippen LogP contribution < -0.4 is 11.3 Å². The summed E-state index contributed by atoms with van der Waals surface area (Å²) in [6.07, 6.45) is 1.62. The third kappa shape index (κ3) is 3.01. The molecule has 0 atom stereocenters. The number of nitrogens with zero attached hydrogens (tertiary/aromatic N) is 1. The van der Waals surface area contributed by atoms with Gasteiger partial charge in [-0.05, 0) is 6.42 Å². The molecule has 14 heavy (non-hydrogen) atoms. The maximum atomic E-state index is 11.1. The van der Waals surface area contributed by atoms with E-state index in [0.29, 0.717) is 11.5 Å². The summed E-state index contributed by atoms with van der Waals surface area (Å²) in [5, 5.41) is 0. The van der Waals surface area contributed by atoms with Crippen molar-refractivity contribution in [3.63, 3.8) is 0 Å². The first-order chi connectivity index (χ1) is 6.61. The average Bonchev–Trinajstić information content (AvgIpc) is 2.01. The minimum atomic E-state index is -0.498. The lowest BCUT2D eigenvalue weighted by Crippen LogP contribution is -2.20. The Hall–Kier alpha value is -1.65. The first kappa shape index (κ1) is 10.4. The zero-order chi connectivity index (χ0) is 10.6. The van der Waals surface area contributed by atoms with Crippen LogP contribution in [0.2, 0.25) is 0 Å². The van der Waals surface area contributed by atoms with Gasteiger partial charge >= 0.3 is 0 Å². The van der Waals surface area contributed by atoms with E-state index in [0.717, 1.165) is 12.8 Å². The van der Waals surface area contributed by atoms with Crippen LogP contribution in [0.3, 0.4) is 0 Å². The van der Waals surface area contributed by atoms with Crippen LogP contribution in [-0.4, -0.2) is 15.9 Å². The first-order valence-corrected chi connectivity index (χ1v) is 4.49. The molecule has 0 aliphatic rings. The Morgan fingerprint density at radius 1 is 1.64 bits per heavy atom. The van der Waals surface area contributed by atoms with Crippen molar-refractivity contribution in [2.75, 3.05) is 0 Å². The molecule has 3 N–H and O–H groups in total. The fourth-order valence-electron chi connectivity index (χ4n) is 1.20. The zero-order valence-corrected chi connectivity index (χ0v) is 8.04. The standard InChI is InChI=1S/C9H13N3O2/c1-2-3-6-4-9(14)12-8(11-6)5-7(10)13/h4H,2-3,5H2,1H3,(H2,10,13)(H,11,12,14). The van der Waals surface area contributed by atoms with Crippen LogP contribution in [0.4, 0.5) is 0 Å². The summed E-state index contributed by atoms with van der Waals surface area (Å²) in [5.41, 5.74) is 5.46. The molecule has 1 rings (SSSR count). The molecule has 0 aliphatic heterocycles. The highest BCUT2D eigenvalue weighted by atomic mass is 16.1. The molecule has 1 aromatic rings. The second-order valence-corrected chi connectivity index (χ2v) is 3.08. The molecule has 0 saturated carbocycles. The van der Waals surface area contributed by atoms with Gasteiger partial charge < -0.3 is 10.7 Å². The summed E-state index contributed by atoms with van der Waals surface area (Å²) < 4.78 is 0. The molecule has 0 aliphatic carbocycles. The van der Waals surface area contributed by atoms with Gasteiger partial charge in [0.15, 0.2) is 0 Å². The molecule has 1 heterocycles. The van der Waals surface area contributed by atoms with Crippen molar-refractivity contribution in [1.29, 1.82) is 0 Å². The molecule has 5 heteroatoms. The average molecular weight is 195 g/mol. The quantitative estimate of drug-likeness (QED) is 0.694. The third-order valence-electron chi connectivity index (χ3n) is 1.69. The van der Waals surface area contributed by atoms with E-state index in [1.54, 1.807) is 0 Å². The molecule has 5 nitrogen and oxygen atoms in total. The SMILES string of the molecule is CCCc1cc(=O)[nH]c(CC(N)=O)n1. The third-order valence-corrected chi connectivity index (χ3v) is 1.69. The van der Waals surface area contributed by atoms with Gasteiger partial charge in [0.2, 0.25) is 5.91 Å². The van der Waals surface area contributed by atoms with Gasteiger partial charge in [0.25, 0.3) is 5.56 Å². The lowest BCUT2D eigenvalue weighted by molar-refractivity contribution is -0.117. The molecule has 0 unspecified atom stereocenters. The van der Waals surface area contributed by atoms with Gasteiger partial charge in [-0.25, -0.2) is 4.98 Å². The number of aryl methyl sites for hydroxylation is 1. The highest BCUT2D eigenvalue weighted by Crippen LogP contribution is 1.96. The highest BCUT2D eigenvalue weighted by molar-refractivity contribution is 5.75. The van der Waals surface area contributed by atoms with Gasteiger partial charge in [-0.15, -0.1) is 0 Å². The number of carbonyl (C=O) groups is 1. The Bertz CT molecular complexity index is 384. The number of carbonyl (C=O) groups excluding carboxylic acids is 1. The molecule has 0 saturated heterocycles. The number of nitrogens with two attached hydrogens (primary N) is 1. The summed E-state index contributed by atoms with van der Waals surface area (Å²) >= 11 is 0. The van der Waals surface area contributed by atoms with Gasteiger partial charge in [-0.1, -0.05) is 13.3 Å². The van der Waals surface area contributed by atoms with E-state index in [1.165, 1.54) is 6.07 Å². The van der Waals surface area contributed by atoms with Crippen LogP contribution in [0.25, 0.3) is 0 Å². The van der Waals surface area contributed by atoms with Crippen molar-refractivity contribution in [1.82, 2.24) is 9.97 Å². The van der Waals surface area contributed by atoms with E-state index < -0.39 is 5.91 Å². The molecule has 1 amide bonds. The number of primary amides is 1. The molecule has 76 valence electrons. The molecule has 0 spiro atoms. The lowest BCUT2D eigenvalue weighted by Gasteiger charge is -2.00. The number of amides is 1. The minimum Gasteiger partial charge on any atom is -0.369 e. The van der Waals surface area contributed by atoms with E-state index in [2.05, 4.69) is 9.97 Å². The number of aromatic nitrogens is 2. The predicted molar refractivity (Wildman–Crippen MR) is 51.8 cm³/mol. The topological polar surface area (TPSA) is 88.8 Å². The summed E-state index contributed by atoms with van der Waals surface area (Å²) in [5.74, 6) is -0.157. The Morgan fingerprint density at radius 3 is 2.93 bits per heavy atom. The van der Waals surface area contributed by atoms with Crippen molar-refractivity contribution in [3.8, 4) is 0 Å². The zero-order valence-electron chi connectivity index (χ0n) is 8.04. The molecule has 0 aromatic carbocycles. The molecule has 0 radical (unpaired) electrons. The van der Waals surface area contributed by atoms with E-state index in [-0.39, 0.29) is 12.0 Å². The van der Waals surface area contributed by atoms with Crippen molar-refractivity contribution >= 4 is 5.91 Å². The summed E-state index contributed by atoms with van der Waals surface area (Å²) in [7, 11) is 0. The van der Waals surface area contributed by atoms with E-state index in [9.17, 15) is 9.59 Å². The Kier molecular flexibility index (Phi) is 3.39. The molecular weight excluding hydrogens is 182 g/mol. The molecular formula is C9H13N3O2. The van der Waals surface area contributed by atoms with Crippen molar-refractivity contribution < 1.29 is 4.79 Å². The Balaban J connectivity index is 2.94. The second-order valence-electron chi connectivity index (χ2n) is 3.08. The largest absolute Gasteiger partial charge is 0.369 e. The van der Waals surface area contributed by atoms with Crippen LogP contribution in [0.5, 0.6) is 0 Å². The number of hydrogen-bond donors (Lipinski definition) is 2. The fourth-order valence-corrected chi connectivity index (χ4v) is 1.20. The van der Waals surface area contributed by atoms with Gasteiger partial charge in [0.05, 0.1) is 6.42 Å². The summed E-state index contributed by atoms with van der Waals surface area (Å²) in [6, 6.07) is 1.44. The van der Waals surface area contributed by atoms with Crippen molar-refractivity contribution in [2.24, 2.45) is 5.73 Å². The van der Waals surface area contributed by atoms with Gasteiger partial charge in [-0.2, -0.15) is 0 Å². The second kappa shape index (κ2) is 4.55. The van der Waals surface area contributed by atoms with Crippen molar-refractivity contribution in [2.45, 2.75) is 26.2 Å². The van der Waals surface area contributed by atoms with Crippen LogP contribution in [0, 0.1) is 0 Å². The highest BCUT2D eigenvalue weighted by Gasteiger charge is 2.03. The summed E-state index contributed by atoms with van der Waals surface area (Å²) in [6.45, 7) is 2.00. The lowest BCUT2D eigenvalue weighted by atomic mass is 10.2. The first-order valence-electron chi connectivity index (χ1n) is 4.49.